The second-order valence-electron chi connectivity index (χ2n) is 6.60. The van der Waals surface area contributed by atoms with Crippen molar-refractivity contribution in [1.82, 2.24) is 10.2 Å². The molecule has 0 saturated carbocycles. The van der Waals surface area contributed by atoms with Crippen LogP contribution in [-0.2, 0) is 21.8 Å². The Hall–Kier alpha value is -1.69. The summed E-state index contributed by atoms with van der Waals surface area (Å²) in [5.74, 6) is 0.763. The lowest BCUT2D eigenvalue weighted by Crippen LogP contribution is -2.50. The number of amides is 2. The fourth-order valence-electron chi connectivity index (χ4n) is 3.03. The van der Waals surface area contributed by atoms with Crippen molar-refractivity contribution in [2.75, 3.05) is 19.3 Å². The third-order valence-electron chi connectivity index (χ3n) is 4.59. The molecule has 0 heterocycles. The summed E-state index contributed by atoms with van der Waals surface area (Å²) in [6.45, 7) is 2.42. The summed E-state index contributed by atoms with van der Waals surface area (Å²) in [4.78, 5) is 27.0. The van der Waals surface area contributed by atoms with E-state index < -0.39 is 6.04 Å². The van der Waals surface area contributed by atoms with Crippen molar-refractivity contribution < 1.29 is 9.59 Å². The van der Waals surface area contributed by atoms with E-state index in [1.807, 2.05) is 49.4 Å². The summed E-state index contributed by atoms with van der Waals surface area (Å²) in [5.41, 5.74) is 2.15. The maximum Gasteiger partial charge on any atom is 0.242 e. The van der Waals surface area contributed by atoms with Gasteiger partial charge in [-0.15, -0.1) is 11.8 Å². The van der Waals surface area contributed by atoms with Crippen LogP contribution in [-0.4, -0.2) is 42.1 Å². The number of nitrogens with one attached hydrogen (secondary N) is 1. The van der Waals surface area contributed by atoms with Gasteiger partial charge in [0, 0.05) is 19.3 Å². The van der Waals surface area contributed by atoms with Gasteiger partial charge in [0.1, 0.15) is 6.04 Å². The van der Waals surface area contributed by atoms with Crippen molar-refractivity contribution in [1.29, 1.82) is 0 Å². The van der Waals surface area contributed by atoms with Gasteiger partial charge >= 0.3 is 0 Å². The zero-order valence-electron chi connectivity index (χ0n) is 16.7. The summed E-state index contributed by atoms with van der Waals surface area (Å²) in [6.07, 6.45) is 1.27. The van der Waals surface area contributed by atoms with Gasteiger partial charge in [0.15, 0.2) is 0 Å². The molecule has 1 N–H and O–H groups in total. The van der Waals surface area contributed by atoms with Crippen LogP contribution in [0.3, 0.4) is 0 Å². The number of nitrogens with zero attached hydrogens (tertiary/aromatic N) is 1. The van der Waals surface area contributed by atoms with Crippen LogP contribution < -0.4 is 5.32 Å². The molecular formula is C22H26Cl2N2O2S. The summed E-state index contributed by atoms with van der Waals surface area (Å²) < 4.78 is 0. The van der Waals surface area contributed by atoms with E-state index in [4.69, 9.17) is 23.2 Å². The molecule has 7 heteroatoms. The molecule has 156 valence electrons. The number of halogens is 2. The fraction of sp³-hybridized carbons (Fsp3) is 0.364. The highest BCUT2D eigenvalue weighted by atomic mass is 35.5. The Morgan fingerprint density at radius 2 is 1.79 bits per heavy atom. The molecule has 0 aliphatic heterocycles. The summed E-state index contributed by atoms with van der Waals surface area (Å²) in [6, 6.07) is 15.0. The van der Waals surface area contributed by atoms with Crippen LogP contribution >= 0.6 is 35.0 Å². The van der Waals surface area contributed by atoms with Crippen molar-refractivity contribution in [3.8, 4) is 0 Å². The fourth-order valence-corrected chi connectivity index (χ4v) is 4.21. The number of carbonyl (C=O) groups is 2. The van der Waals surface area contributed by atoms with Gasteiger partial charge in [-0.1, -0.05) is 66.5 Å². The topological polar surface area (TPSA) is 49.4 Å². The first kappa shape index (κ1) is 23.6. The van der Waals surface area contributed by atoms with E-state index in [1.165, 1.54) is 11.8 Å². The molecule has 0 radical (unpaired) electrons. The zero-order valence-corrected chi connectivity index (χ0v) is 19.0. The molecule has 0 spiro atoms. The molecule has 29 heavy (non-hydrogen) atoms. The molecule has 1 atom stereocenters. The molecule has 4 nitrogen and oxygen atoms in total. The summed E-state index contributed by atoms with van der Waals surface area (Å²) in [7, 11) is 1.60. The molecule has 0 bridgehead atoms. The second kappa shape index (κ2) is 12.1. The first-order valence-electron chi connectivity index (χ1n) is 9.53. The average Bonchev–Trinajstić information content (AvgIpc) is 2.73. The summed E-state index contributed by atoms with van der Waals surface area (Å²) >= 11 is 13.5. The maximum atomic E-state index is 13.0. The Balaban J connectivity index is 2.02. The minimum atomic E-state index is -0.471. The number of rotatable bonds is 10. The Morgan fingerprint density at radius 3 is 2.41 bits per heavy atom. The number of thioether (sulfide) groups is 1. The van der Waals surface area contributed by atoms with Gasteiger partial charge in [-0.3, -0.25) is 9.59 Å². The number of hydrogen-bond donors (Lipinski definition) is 1. The van der Waals surface area contributed by atoms with Crippen LogP contribution in [0.5, 0.6) is 0 Å². The molecule has 0 saturated heterocycles. The van der Waals surface area contributed by atoms with Gasteiger partial charge in [0.05, 0.1) is 15.8 Å². The van der Waals surface area contributed by atoms with E-state index in [0.717, 1.165) is 11.1 Å². The minimum absolute atomic E-state index is 0.0403. The van der Waals surface area contributed by atoms with Crippen LogP contribution in [0.25, 0.3) is 0 Å². The quantitative estimate of drug-likeness (QED) is 0.561. The van der Waals surface area contributed by atoms with Crippen molar-refractivity contribution in [3.63, 3.8) is 0 Å². The van der Waals surface area contributed by atoms with Gasteiger partial charge in [0.2, 0.25) is 11.8 Å². The molecule has 2 amide bonds. The Labute approximate surface area is 187 Å². The van der Waals surface area contributed by atoms with E-state index >= 15 is 0 Å². The van der Waals surface area contributed by atoms with Crippen molar-refractivity contribution in [2.24, 2.45) is 0 Å². The van der Waals surface area contributed by atoms with Crippen molar-refractivity contribution in [2.45, 2.75) is 31.6 Å². The molecule has 2 aromatic carbocycles. The van der Waals surface area contributed by atoms with Crippen LogP contribution in [0.4, 0.5) is 0 Å². The zero-order chi connectivity index (χ0) is 21.2. The molecule has 0 fully saturated rings. The number of benzene rings is 2. The lowest BCUT2D eigenvalue weighted by molar-refractivity contribution is -0.138. The number of hydrogen-bond acceptors (Lipinski definition) is 3. The normalized spacial score (nSPS) is 11.7. The van der Waals surface area contributed by atoms with Crippen LogP contribution in [0, 0.1) is 0 Å². The van der Waals surface area contributed by atoms with Crippen LogP contribution in [0.2, 0.25) is 10.0 Å². The van der Waals surface area contributed by atoms with Gasteiger partial charge in [-0.25, -0.2) is 0 Å². The lowest BCUT2D eigenvalue weighted by atomic mass is 10.1. The van der Waals surface area contributed by atoms with Gasteiger partial charge in [0.25, 0.3) is 0 Å². The van der Waals surface area contributed by atoms with Crippen LogP contribution in [0.1, 0.15) is 24.5 Å². The van der Waals surface area contributed by atoms with E-state index in [1.54, 1.807) is 18.0 Å². The van der Waals surface area contributed by atoms with Crippen molar-refractivity contribution in [3.05, 3.63) is 69.7 Å². The van der Waals surface area contributed by atoms with E-state index in [-0.39, 0.29) is 11.8 Å². The minimum Gasteiger partial charge on any atom is -0.357 e. The molecule has 0 aromatic heterocycles. The van der Waals surface area contributed by atoms with E-state index in [2.05, 4.69) is 5.32 Å². The van der Waals surface area contributed by atoms with E-state index in [9.17, 15) is 9.59 Å². The number of carbonyl (C=O) groups excluding carboxylic acids is 2. The van der Waals surface area contributed by atoms with Gasteiger partial charge < -0.3 is 10.2 Å². The third kappa shape index (κ3) is 7.25. The van der Waals surface area contributed by atoms with Gasteiger partial charge in [-0.2, -0.15) is 0 Å². The monoisotopic (exact) mass is 452 g/mol. The molecule has 0 aliphatic rings. The molecule has 0 unspecified atom stereocenters. The highest BCUT2D eigenvalue weighted by molar-refractivity contribution is 7.99. The second-order valence-corrected chi connectivity index (χ2v) is 8.40. The molecule has 0 aliphatic carbocycles. The van der Waals surface area contributed by atoms with Crippen molar-refractivity contribution >= 4 is 46.8 Å². The predicted octanol–water partition coefficient (Wildman–Crippen LogP) is 4.82. The lowest BCUT2D eigenvalue weighted by Gasteiger charge is -2.30. The standard InChI is InChI=1S/C22H26Cl2N2O2S/c1-3-20(22(28)25-2)26(12-11-16-7-5-4-6-8-16)21(27)15-29-14-17-9-10-18(23)19(24)13-17/h4-10,13,20H,3,11-12,14-15H2,1-2H3,(H,25,28)/t20-/m0/s1. The average molecular weight is 453 g/mol. The smallest absolute Gasteiger partial charge is 0.242 e. The number of likely N-dealkylation sites (N-methyl/N-ethyl adjacent to an activating group) is 1. The Morgan fingerprint density at radius 1 is 1.07 bits per heavy atom. The molecular weight excluding hydrogens is 427 g/mol. The Bertz CT molecular complexity index is 818. The van der Waals surface area contributed by atoms with Gasteiger partial charge in [-0.05, 0) is 36.1 Å². The van der Waals surface area contributed by atoms with Crippen LogP contribution in [0.15, 0.2) is 48.5 Å². The highest BCUT2D eigenvalue weighted by Gasteiger charge is 2.27. The summed E-state index contributed by atoms with van der Waals surface area (Å²) in [5, 5.41) is 3.70. The first-order chi connectivity index (χ1) is 14.0. The molecule has 2 aromatic rings. The third-order valence-corrected chi connectivity index (χ3v) is 6.32. The Kier molecular flexibility index (Phi) is 9.85. The molecule has 2 rings (SSSR count). The largest absolute Gasteiger partial charge is 0.357 e. The predicted molar refractivity (Wildman–Crippen MR) is 123 cm³/mol. The highest BCUT2D eigenvalue weighted by Crippen LogP contribution is 2.25. The van der Waals surface area contributed by atoms with E-state index in [0.29, 0.717) is 40.9 Å². The first-order valence-corrected chi connectivity index (χ1v) is 11.4. The SMILES string of the molecule is CC[C@@H](C(=O)NC)N(CCc1ccccc1)C(=O)CSCc1ccc(Cl)c(Cl)c1. The maximum absolute atomic E-state index is 13.0.